The van der Waals surface area contributed by atoms with Crippen LogP contribution in [0.3, 0.4) is 0 Å². The molecule has 0 amide bonds. The lowest BCUT2D eigenvalue weighted by Crippen LogP contribution is -2.22. The molecule has 1 N–H and O–H groups in total. The Kier molecular flexibility index (Phi) is 5.80. The maximum absolute atomic E-state index is 4.31. The standard InChI is InChI=1S/C15H23N3/c1-5-10-17-13(7-6-9-15(2,3)4)14-8-11-16-12-18-14/h8,11-13,17H,5,7,10H2,1-4H3. The highest BCUT2D eigenvalue weighted by molar-refractivity contribution is 5.13. The first-order valence-corrected chi connectivity index (χ1v) is 6.52. The van der Waals surface area contributed by atoms with E-state index < -0.39 is 0 Å². The normalized spacial score (nSPS) is 12.7. The minimum absolute atomic E-state index is 0.0565. The van der Waals surface area contributed by atoms with Crippen LogP contribution in [0.4, 0.5) is 0 Å². The molecule has 0 aliphatic heterocycles. The maximum atomic E-state index is 4.31. The van der Waals surface area contributed by atoms with Gasteiger partial charge in [0.2, 0.25) is 0 Å². The third-order valence-electron chi connectivity index (χ3n) is 2.37. The number of hydrogen-bond donors (Lipinski definition) is 1. The number of rotatable bonds is 5. The molecule has 0 bridgehead atoms. The van der Waals surface area contributed by atoms with Gasteiger partial charge in [-0.1, -0.05) is 12.8 Å². The van der Waals surface area contributed by atoms with Crippen LogP contribution in [0.5, 0.6) is 0 Å². The third kappa shape index (κ3) is 5.79. The van der Waals surface area contributed by atoms with Crippen LogP contribution >= 0.6 is 0 Å². The van der Waals surface area contributed by atoms with Crippen molar-refractivity contribution in [1.82, 2.24) is 15.3 Å². The molecular formula is C15H23N3. The van der Waals surface area contributed by atoms with Crippen molar-refractivity contribution in [2.75, 3.05) is 6.54 Å². The molecule has 0 aliphatic rings. The highest BCUT2D eigenvalue weighted by Gasteiger charge is 2.10. The average Bonchev–Trinajstić information content (AvgIpc) is 2.33. The second-order valence-corrected chi connectivity index (χ2v) is 5.40. The molecule has 98 valence electrons. The van der Waals surface area contributed by atoms with Crippen molar-refractivity contribution in [3.63, 3.8) is 0 Å². The van der Waals surface area contributed by atoms with E-state index in [0.717, 1.165) is 25.1 Å². The summed E-state index contributed by atoms with van der Waals surface area (Å²) < 4.78 is 0. The molecule has 0 fully saturated rings. The third-order valence-corrected chi connectivity index (χ3v) is 2.37. The van der Waals surface area contributed by atoms with Gasteiger partial charge in [0.1, 0.15) is 6.33 Å². The van der Waals surface area contributed by atoms with Crippen LogP contribution in [0.15, 0.2) is 18.6 Å². The zero-order valence-corrected chi connectivity index (χ0v) is 11.8. The Morgan fingerprint density at radius 2 is 2.17 bits per heavy atom. The van der Waals surface area contributed by atoms with E-state index in [2.05, 4.69) is 54.8 Å². The number of nitrogens with one attached hydrogen (secondary N) is 1. The Balaban J connectivity index is 2.70. The zero-order valence-electron chi connectivity index (χ0n) is 11.8. The van der Waals surface area contributed by atoms with Crippen molar-refractivity contribution >= 4 is 0 Å². The van der Waals surface area contributed by atoms with E-state index in [1.807, 2.05) is 6.07 Å². The van der Waals surface area contributed by atoms with Crippen molar-refractivity contribution in [3.8, 4) is 11.8 Å². The van der Waals surface area contributed by atoms with Gasteiger partial charge < -0.3 is 5.32 Å². The van der Waals surface area contributed by atoms with Crippen molar-refractivity contribution in [2.24, 2.45) is 5.41 Å². The molecule has 0 saturated carbocycles. The fourth-order valence-electron chi connectivity index (χ4n) is 1.53. The largest absolute Gasteiger partial charge is 0.308 e. The predicted octanol–water partition coefficient (Wildman–Crippen LogP) is 2.96. The molecule has 0 aromatic carbocycles. The summed E-state index contributed by atoms with van der Waals surface area (Å²) >= 11 is 0. The van der Waals surface area contributed by atoms with Gasteiger partial charge in [-0.3, -0.25) is 0 Å². The molecule has 3 nitrogen and oxygen atoms in total. The number of aromatic nitrogens is 2. The van der Waals surface area contributed by atoms with Gasteiger partial charge >= 0.3 is 0 Å². The summed E-state index contributed by atoms with van der Waals surface area (Å²) in [6.07, 6.45) is 5.26. The van der Waals surface area contributed by atoms with E-state index >= 15 is 0 Å². The first-order valence-electron chi connectivity index (χ1n) is 6.52. The van der Waals surface area contributed by atoms with Gasteiger partial charge in [-0.2, -0.15) is 0 Å². The van der Waals surface area contributed by atoms with Gasteiger partial charge in [0.05, 0.1) is 11.7 Å². The molecule has 1 aromatic heterocycles. The molecule has 1 atom stereocenters. The van der Waals surface area contributed by atoms with Crippen LogP contribution < -0.4 is 5.32 Å². The van der Waals surface area contributed by atoms with Gasteiger partial charge in [0, 0.05) is 18.0 Å². The Hall–Kier alpha value is -1.40. The predicted molar refractivity (Wildman–Crippen MR) is 74.9 cm³/mol. The van der Waals surface area contributed by atoms with Crippen LogP contribution in [0.2, 0.25) is 0 Å². The van der Waals surface area contributed by atoms with Crippen LogP contribution in [-0.4, -0.2) is 16.5 Å². The van der Waals surface area contributed by atoms with Gasteiger partial charge in [0.25, 0.3) is 0 Å². The first kappa shape index (κ1) is 14.7. The molecule has 1 rings (SSSR count). The minimum Gasteiger partial charge on any atom is -0.308 e. The molecule has 18 heavy (non-hydrogen) atoms. The van der Waals surface area contributed by atoms with Crippen molar-refractivity contribution in [1.29, 1.82) is 0 Å². The average molecular weight is 245 g/mol. The van der Waals surface area contributed by atoms with Gasteiger partial charge in [-0.05, 0) is 39.8 Å². The Labute approximate surface area is 110 Å². The number of nitrogens with zero attached hydrogens (tertiary/aromatic N) is 2. The lowest BCUT2D eigenvalue weighted by Gasteiger charge is -2.15. The summed E-state index contributed by atoms with van der Waals surface area (Å²) in [5.41, 5.74) is 1.07. The van der Waals surface area contributed by atoms with Gasteiger partial charge in [0.15, 0.2) is 0 Å². The van der Waals surface area contributed by atoms with E-state index in [1.54, 1.807) is 12.5 Å². The molecule has 1 heterocycles. The summed E-state index contributed by atoms with van der Waals surface area (Å²) in [6, 6.07) is 2.15. The molecule has 1 unspecified atom stereocenters. The van der Waals surface area contributed by atoms with Crippen LogP contribution in [-0.2, 0) is 0 Å². The van der Waals surface area contributed by atoms with Crippen LogP contribution in [0, 0.1) is 17.3 Å². The quantitative estimate of drug-likeness (QED) is 0.810. The fraction of sp³-hybridized carbons (Fsp3) is 0.600. The zero-order chi connectivity index (χ0) is 13.4. The van der Waals surface area contributed by atoms with E-state index in [9.17, 15) is 0 Å². The Morgan fingerprint density at radius 1 is 1.39 bits per heavy atom. The van der Waals surface area contributed by atoms with E-state index in [-0.39, 0.29) is 11.5 Å². The van der Waals surface area contributed by atoms with Crippen molar-refractivity contribution in [3.05, 3.63) is 24.3 Å². The molecule has 1 aromatic rings. The summed E-state index contributed by atoms with van der Waals surface area (Å²) in [6.45, 7) is 9.51. The molecule has 0 spiro atoms. The summed E-state index contributed by atoms with van der Waals surface area (Å²) in [7, 11) is 0. The number of hydrogen-bond acceptors (Lipinski definition) is 3. The highest BCUT2D eigenvalue weighted by Crippen LogP contribution is 2.14. The van der Waals surface area contributed by atoms with Crippen molar-refractivity contribution in [2.45, 2.75) is 46.6 Å². The first-order chi connectivity index (χ1) is 8.53. The lowest BCUT2D eigenvalue weighted by atomic mass is 9.97. The van der Waals surface area contributed by atoms with Crippen molar-refractivity contribution < 1.29 is 0 Å². The maximum Gasteiger partial charge on any atom is 0.115 e. The Bertz CT molecular complexity index is 395. The van der Waals surface area contributed by atoms with Crippen LogP contribution in [0.25, 0.3) is 0 Å². The second-order valence-electron chi connectivity index (χ2n) is 5.40. The van der Waals surface area contributed by atoms with Gasteiger partial charge in [-0.25, -0.2) is 9.97 Å². The van der Waals surface area contributed by atoms with E-state index in [1.165, 1.54) is 0 Å². The smallest absolute Gasteiger partial charge is 0.115 e. The highest BCUT2D eigenvalue weighted by atomic mass is 14.9. The second kappa shape index (κ2) is 7.13. The van der Waals surface area contributed by atoms with E-state index in [0.29, 0.717) is 0 Å². The summed E-state index contributed by atoms with van der Waals surface area (Å²) in [5.74, 6) is 6.53. The molecule has 3 heteroatoms. The Morgan fingerprint density at radius 3 is 2.72 bits per heavy atom. The van der Waals surface area contributed by atoms with Crippen LogP contribution in [0.1, 0.15) is 52.3 Å². The monoisotopic (exact) mass is 245 g/mol. The summed E-state index contributed by atoms with van der Waals surface area (Å²) in [5, 5.41) is 3.48. The SMILES string of the molecule is CCCNC(CC#CC(C)(C)C)c1ccncn1. The molecule has 0 radical (unpaired) electrons. The molecule has 0 saturated heterocycles. The van der Waals surface area contributed by atoms with E-state index in [4.69, 9.17) is 0 Å². The summed E-state index contributed by atoms with van der Waals surface area (Å²) in [4.78, 5) is 8.26. The molecule has 0 aliphatic carbocycles. The fourth-order valence-corrected chi connectivity index (χ4v) is 1.53. The topological polar surface area (TPSA) is 37.8 Å². The molecular weight excluding hydrogens is 222 g/mol. The van der Waals surface area contributed by atoms with Gasteiger partial charge in [-0.15, -0.1) is 5.92 Å². The minimum atomic E-state index is 0.0565. The lowest BCUT2D eigenvalue weighted by molar-refractivity contribution is 0.526.